The molecule has 0 bridgehead atoms. The predicted molar refractivity (Wildman–Crippen MR) is 81.4 cm³/mol. The maximum absolute atomic E-state index is 4.54. The molecule has 0 saturated heterocycles. The number of rotatable bonds is 6. The van der Waals surface area contributed by atoms with Crippen molar-refractivity contribution in [1.82, 2.24) is 15.2 Å². The normalized spacial score (nSPS) is 10.5. The van der Waals surface area contributed by atoms with Crippen molar-refractivity contribution in [3.05, 3.63) is 18.2 Å². The van der Waals surface area contributed by atoms with E-state index in [1.165, 1.54) is 0 Å². The molecule has 0 spiro atoms. The summed E-state index contributed by atoms with van der Waals surface area (Å²) in [7, 11) is 3.92. The molecule has 2 aromatic heterocycles. The Morgan fingerprint density at radius 1 is 1.32 bits per heavy atom. The van der Waals surface area contributed by atoms with Gasteiger partial charge < -0.3 is 10.2 Å². The number of aromatic nitrogens is 3. The lowest BCUT2D eigenvalue weighted by Crippen LogP contribution is -2.07. The van der Waals surface area contributed by atoms with E-state index in [1.807, 2.05) is 37.2 Å². The molecule has 7 heteroatoms. The molecule has 5 nitrogen and oxygen atoms in total. The molecule has 0 atom stereocenters. The van der Waals surface area contributed by atoms with Crippen molar-refractivity contribution < 1.29 is 0 Å². The summed E-state index contributed by atoms with van der Waals surface area (Å²) in [5.41, 5.74) is 0. The van der Waals surface area contributed by atoms with E-state index in [2.05, 4.69) is 27.4 Å². The predicted octanol–water partition coefficient (Wildman–Crippen LogP) is 2.97. The molecule has 0 radical (unpaired) electrons. The summed E-state index contributed by atoms with van der Waals surface area (Å²) in [6.07, 6.45) is 1.08. The van der Waals surface area contributed by atoms with Gasteiger partial charge in [0.2, 0.25) is 5.13 Å². The third-order valence-electron chi connectivity index (χ3n) is 2.25. The molecule has 0 fully saturated rings. The van der Waals surface area contributed by atoms with Crippen molar-refractivity contribution in [2.24, 2.45) is 0 Å². The summed E-state index contributed by atoms with van der Waals surface area (Å²) in [5, 5.41) is 13.4. The highest BCUT2D eigenvalue weighted by molar-refractivity contribution is 8.01. The van der Waals surface area contributed by atoms with E-state index in [9.17, 15) is 0 Å². The van der Waals surface area contributed by atoms with Crippen LogP contribution in [0.1, 0.15) is 13.3 Å². The van der Waals surface area contributed by atoms with Crippen LogP contribution in [0.25, 0.3) is 0 Å². The first-order valence-electron chi connectivity index (χ1n) is 6.08. The van der Waals surface area contributed by atoms with Gasteiger partial charge in [-0.15, -0.1) is 10.2 Å². The van der Waals surface area contributed by atoms with Crippen LogP contribution < -0.4 is 10.2 Å². The van der Waals surface area contributed by atoms with Crippen molar-refractivity contribution in [1.29, 1.82) is 0 Å². The lowest BCUT2D eigenvalue weighted by atomic mass is 10.4. The molecule has 0 saturated carbocycles. The SMILES string of the molecule is CCCNc1cccc(Sc2nnc(N(C)C)s2)n1. The fourth-order valence-corrected chi connectivity index (χ4v) is 3.04. The highest BCUT2D eigenvalue weighted by Crippen LogP contribution is 2.31. The largest absolute Gasteiger partial charge is 0.370 e. The fraction of sp³-hybridized carbons (Fsp3) is 0.417. The van der Waals surface area contributed by atoms with Crippen LogP contribution in [0.4, 0.5) is 10.9 Å². The minimum Gasteiger partial charge on any atom is -0.370 e. The summed E-state index contributed by atoms with van der Waals surface area (Å²) in [5.74, 6) is 0.907. The molecule has 0 aliphatic heterocycles. The zero-order valence-electron chi connectivity index (χ0n) is 11.3. The maximum Gasteiger partial charge on any atom is 0.208 e. The van der Waals surface area contributed by atoms with Crippen LogP contribution in [0.2, 0.25) is 0 Å². The van der Waals surface area contributed by atoms with Crippen molar-refractivity contribution in [2.45, 2.75) is 22.7 Å². The van der Waals surface area contributed by atoms with Gasteiger partial charge in [0.15, 0.2) is 4.34 Å². The van der Waals surface area contributed by atoms with Crippen LogP contribution in [0.3, 0.4) is 0 Å². The molecule has 2 rings (SSSR count). The molecule has 1 N–H and O–H groups in total. The summed E-state index contributed by atoms with van der Waals surface area (Å²) >= 11 is 3.11. The second kappa shape index (κ2) is 6.72. The van der Waals surface area contributed by atoms with Crippen molar-refractivity contribution >= 4 is 34.0 Å². The quantitative estimate of drug-likeness (QED) is 0.884. The Hall–Kier alpha value is -1.34. The Labute approximate surface area is 121 Å². The number of nitrogens with one attached hydrogen (secondary N) is 1. The van der Waals surface area contributed by atoms with Gasteiger partial charge in [-0.2, -0.15) is 0 Å². The third kappa shape index (κ3) is 4.07. The van der Waals surface area contributed by atoms with E-state index >= 15 is 0 Å². The standard InChI is InChI=1S/C12H17N5S2/c1-4-8-13-9-6-5-7-10(14-9)18-12-16-15-11(19-12)17(2)3/h5-7H,4,8H2,1-3H3,(H,13,14). The molecule has 0 aliphatic rings. The number of pyridine rings is 1. The van der Waals surface area contributed by atoms with Gasteiger partial charge in [0.1, 0.15) is 10.8 Å². The van der Waals surface area contributed by atoms with Crippen LogP contribution in [0.15, 0.2) is 27.6 Å². The Bertz CT molecular complexity index is 526. The van der Waals surface area contributed by atoms with E-state index in [-0.39, 0.29) is 0 Å². The smallest absolute Gasteiger partial charge is 0.208 e. The first-order chi connectivity index (χ1) is 9.19. The second-order valence-corrected chi connectivity index (χ2v) is 6.36. The lowest BCUT2D eigenvalue weighted by molar-refractivity contribution is 0.956. The molecule has 2 heterocycles. The van der Waals surface area contributed by atoms with E-state index in [0.29, 0.717) is 0 Å². The summed E-state index contributed by atoms with van der Waals surface area (Å²) in [6, 6.07) is 5.96. The Morgan fingerprint density at radius 3 is 2.84 bits per heavy atom. The van der Waals surface area contributed by atoms with Gasteiger partial charge in [0.05, 0.1) is 0 Å². The summed E-state index contributed by atoms with van der Waals surface area (Å²) in [4.78, 5) is 6.49. The molecule has 19 heavy (non-hydrogen) atoms. The van der Waals surface area contributed by atoms with Gasteiger partial charge in [0, 0.05) is 20.6 Å². The number of nitrogens with zero attached hydrogens (tertiary/aromatic N) is 4. The first kappa shape index (κ1) is 14.1. The molecule has 0 amide bonds. The molecule has 0 aliphatic carbocycles. The average molecular weight is 295 g/mol. The molecular formula is C12H17N5S2. The topological polar surface area (TPSA) is 53.9 Å². The summed E-state index contributed by atoms with van der Waals surface area (Å²) < 4.78 is 0.906. The zero-order valence-corrected chi connectivity index (χ0v) is 12.9. The van der Waals surface area contributed by atoms with Gasteiger partial charge >= 0.3 is 0 Å². The third-order valence-corrected chi connectivity index (χ3v) is 4.33. The fourth-order valence-electron chi connectivity index (χ4n) is 1.34. The zero-order chi connectivity index (χ0) is 13.7. The van der Waals surface area contributed by atoms with Crippen LogP contribution in [0, 0.1) is 0 Å². The Morgan fingerprint density at radius 2 is 2.16 bits per heavy atom. The number of hydrogen-bond donors (Lipinski definition) is 1. The van der Waals surface area contributed by atoms with Crippen molar-refractivity contribution in [3.63, 3.8) is 0 Å². The van der Waals surface area contributed by atoms with E-state index in [4.69, 9.17) is 0 Å². The van der Waals surface area contributed by atoms with E-state index in [1.54, 1.807) is 23.1 Å². The monoisotopic (exact) mass is 295 g/mol. The lowest BCUT2D eigenvalue weighted by Gasteiger charge is -2.05. The second-order valence-electron chi connectivity index (χ2n) is 4.13. The summed E-state index contributed by atoms with van der Waals surface area (Å²) in [6.45, 7) is 3.07. The Kier molecular flexibility index (Phi) is 4.98. The van der Waals surface area contributed by atoms with Crippen LogP contribution in [0.5, 0.6) is 0 Å². The van der Waals surface area contributed by atoms with Gasteiger partial charge in [-0.1, -0.05) is 24.3 Å². The van der Waals surface area contributed by atoms with Crippen LogP contribution >= 0.6 is 23.1 Å². The Balaban J connectivity index is 2.05. The molecule has 102 valence electrons. The minimum atomic E-state index is 0.905. The minimum absolute atomic E-state index is 0.905. The number of anilines is 2. The van der Waals surface area contributed by atoms with E-state index in [0.717, 1.165) is 33.3 Å². The van der Waals surface area contributed by atoms with Gasteiger partial charge in [-0.25, -0.2) is 4.98 Å². The van der Waals surface area contributed by atoms with Crippen molar-refractivity contribution in [2.75, 3.05) is 30.9 Å². The molecule has 2 aromatic rings. The maximum atomic E-state index is 4.54. The molecule has 0 aromatic carbocycles. The van der Waals surface area contributed by atoms with Crippen LogP contribution in [-0.2, 0) is 0 Å². The van der Waals surface area contributed by atoms with E-state index < -0.39 is 0 Å². The van der Waals surface area contributed by atoms with Gasteiger partial charge in [-0.3, -0.25) is 0 Å². The first-order valence-corrected chi connectivity index (χ1v) is 7.72. The molecule has 0 unspecified atom stereocenters. The van der Waals surface area contributed by atoms with Gasteiger partial charge in [-0.05, 0) is 30.3 Å². The number of hydrogen-bond acceptors (Lipinski definition) is 7. The highest BCUT2D eigenvalue weighted by atomic mass is 32.2. The highest BCUT2D eigenvalue weighted by Gasteiger charge is 2.08. The molecular weight excluding hydrogens is 278 g/mol. The average Bonchev–Trinajstić information content (AvgIpc) is 2.85. The van der Waals surface area contributed by atoms with Gasteiger partial charge in [0.25, 0.3) is 0 Å². The van der Waals surface area contributed by atoms with Crippen molar-refractivity contribution in [3.8, 4) is 0 Å². The van der Waals surface area contributed by atoms with Crippen LogP contribution in [-0.4, -0.2) is 35.8 Å².